The number of amides is 2. The van der Waals surface area contributed by atoms with Crippen molar-refractivity contribution in [2.24, 2.45) is 5.92 Å². The van der Waals surface area contributed by atoms with E-state index in [-0.39, 0.29) is 17.9 Å². The molecule has 2 saturated carbocycles. The fourth-order valence-electron chi connectivity index (χ4n) is 4.56. The van der Waals surface area contributed by atoms with Crippen molar-refractivity contribution in [2.45, 2.75) is 82.8 Å². The van der Waals surface area contributed by atoms with Crippen molar-refractivity contribution >= 4 is 28.5 Å². The maximum Gasteiger partial charge on any atom is 0.329 e. The van der Waals surface area contributed by atoms with Crippen LogP contribution in [0.4, 0.5) is 9.93 Å². The molecule has 0 aromatic carbocycles. The van der Waals surface area contributed by atoms with Crippen molar-refractivity contribution in [3.05, 3.63) is 5.01 Å². The third kappa shape index (κ3) is 4.16. The van der Waals surface area contributed by atoms with Crippen LogP contribution in [0.3, 0.4) is 0 Å². The molecule has 3 aliphatic rings. The number of ether oxygens (including phenoxy) is 1. The molecule has 0 bridgehead atoms. The van der Waals surface area contributed by atoms with Gasteiger partial charge in [0.1, 0.15) is 5.01 Å². The van der Waals surface area contributed by atoms with Crippen LogP contribution < -0.4 is 4.90 Å². The highest BCUT2D eigenvalue weighted by Crippen LogP contribution is 2.37. The van der Waals surface area contributed by atoms with E-state index in [1.54, 1.807) is 16.8 Å². The van der Waals surface area contributed by atoms with Crippen LogP contribution >= 0.6 is 11.3 Å². The lowest BCUT2D eigenvalue weighted by Crippen LogP contribution is -2.55. The second-order valence-electron chi connectivity index (χ2n) is 8.35. The van der Waals surface area contributed by atoms with E-state index in [0.29, 0.717) is 24.0 Å². The van der Waals surface area contributed by atoms with Crippen LogP contribution in [0.1, 0.15) is 81.6 Å². The van der Waals surface area contributed by atoms with Crippen molar-refractivity contribution in [1.82, 2.24) is 15.1 Å². The van der Waals surface area contributed by atoms with Crippen LogP contribution in [0.25, 0.3) is 0 Å². The molecule has 8 heteroatoms. The molecule has 0 N–H and O–H groups in total. The predicted octanol–water partition coefficient (Wildman–Crippen LogP) is 4.30. The zero-order valence-electron chi connectivity index (χ0n) is 16.6. The van der Waals surface area contributed by atoms with E-state index in [0.717, 1.165) is 43.5 Å². The molecule has 28 heavy (non-hydrogen) atoms. The van der Waals surface area contributed by atoms with Crippen LogP contribution in [-0.2, 0) is 9.53 Å². The molecule has 0 spiro atoms. The van der Waals surface area contributed by atoms with Crippen molar-refractivity contribution in [2.75, 3.05) is 18.5 Å². The van der Waals surface area contributed by atoms with Gasteiger partial charge in [0.15, 0.2) is 6.23 Å². The van der Waals surface area contributed by atoms with E-state index in [1.807, 2.05) is 0 Å². The van der Waals surface area contributed by atoms with E-state index in [9.17, 15) is 9.59 Å². The van der Waals surface area contributed by atoms with Gasteiger partial charge in [0.05, 0.1) is 5.92 Å². The lowest BCUT2D eigenvalue weighted by Gasteiger charge is -2.38. The highest BCUT2D eigenvalue weighted by molar-refractivity contribution is 7.15. The Labute approximate surface area is 170 Å². The number of rotatable bonds is 4. The molecule has 7 nitrogen and oxygen atoms in total. The molecule has 4 rings (SSSR count). The first-order valence-electron chi connectivity index (χ1n) is 10.7. The largest absolute Gasteiger partial charge is 0.441 e. The van der Waals surface area contributed by atoms with E-state index in [1.165, 1.54) is 37.0 Å². The summed E-state index contributed by atoms with van der Waals surface area (Å²) in [6.07, 6.45) is 11.2. The highest BCUT2D eigenvalue weighted by Gasteiger charge is 2.39. The molecular formula is C20H30N4O3S. The van der Waals surface area contributed by atoms with Crippen molar-refractivity contribution < 1.29 is 14.3 Å². The molecule has 1 unspecified atom stereocenters. The Hall–Kier alpha value is -1.70. The number of esters is 1. The summed E-state index contributed by atoms with van der Waals surface area (Å²) in [7, 11) is 1.78. The molecule has 1 atom stereocenters. The monoisotopic (exact) mass is 406 g/mol. The fraction of sp³-hybridized carbons (Fsp3) is 0.800. The Morgan fingerprint density at radius 2 is 1.68 bits per heavy atom. The lowest BCUT2D eigenvalue weighted by atomic mass is 9.89. The highest BCUT2D eigenvalue weighted by atomic mass is 32.1. The van der Waals surface area contributed by atoms with Gasteiger partial charge in [-0.3, -0.25) is 4.79 Å². The van der Waals surface area contributed by atoms with Gasteiger partial charge in [0, 0.05) is 25.9 Å². The van der Waals surface area contributed by atoms with Gasteiger partial charge in [0.2, 0.25) is 5.13 Å². The van der Waals surface area contributed by atoms with E-state index >= 15 is 0 Å². The van der Waals surface area contributed by atoms with Crippen molar-refractivity contribution in [1.29, 1.82) is 0 Å². The Bertz CT molecular complexity index is 697. The summed E-state index contributed by atoms with van der Waals surface area (Å²) in [5.74, 6) is 0.252. The molecular weight excluding hydrogens is 376 g/mol. The topological polar surface area (TPSA) is 75.6 Å². The van der Waals surface area contributed by atoms with Crippen LogP contribution in [0.2, 0.25) is 0 Å². The van der Waals surface area contributed by atoms with Gasteiger partial charge in [-0.05, 0) is 25.7 Å². The first-order chi connectivity index (χ1) is 13.6. The summed E-state index contributed by atoms with van der Waals surface area (Å²) in [6.45, 7) is 0.576. The average Bonchev–Trinajstić information content (AvgIpc) is 3.22. The Morgan fingerprint density at radius 3 is 2.39 bits per heavy atom. The van der Waals surface area contributed by atoms with Crippen molar-refractivity contribution in [3.63, 3.8) is 0 Å². The fourth-order valence-corrected chi connectivity index (χ4v) is 5.61. The number of aromatic nitrogens is 2. The minimum absolute atomic E-state index is 0.0300. The summed E-state index contributed by atoms with van der Waals surface area (Å²) < 4.78 is 5.85. The molecule has 2 aliphatic carbocycles. The van der Waals surface area contributed by atoms with Crippen molar-refractivity contribution in [3.8, 4) is 0 Å². The third-order valence-electron chi connectivity index (χ3n) is 6.31. The summed E-state index contributed by atoms with van der Waals surface area (Å²) in [4.78, 5) is 28.8. The number of urea groups is 1. The number of anilines is 1. The van der Waals surface area contributed by atoms with Gasteiger partial charge in [-0.2, -0.15) is 0 Å². The van der Waals surface area contributed by atoms with E-state index in [4.69, 9.17) is 4.74 Å². The van der Waals surface area contributed by atoms with Gasteiger partial charge in [-0.15, -0.1) is 10.2 Å². The minimum atomic E-state index is -0.578. The Morgan fingerprint density at radius 1 is 1.00 bits per heavy atom. The van der Waals surface area contributed by atoms with Crippen LogP contribution in [0.5, 0.6) is 0 Å². The summed E-state index contributed by atoms with van der Waals surface area (Å²) >= 11 is 1.48. The molecule has 154 valence electrons. The summed E-state index contributed by atoms with van der Waals surface area (Å²) in [5, 5.41) is 10.3. The Kier molecular flexibility index (Phi) is 6.13. The number of carbonyl (C=O) groups is 2. The first kappa shape index (κ1) is 19.6. The van der Waals surface area contributed by atoms with Crippen LogP contribution in [0.15, 0.2) is 0 Å². The van der Waals surface area contributed by atoms with Gasteiger partial charge in [-0.25, -0.2) is 9.69 Å². The quantitative estimate of drug-likeness (QED) is 0.697. The Balaban J connectivity index is 1.50. The molecule has 3 fully saturated rings. The SMILES string of the molecule is CN1CCC(OC(=O)C2CCCCC2)N(c2nnc(C3CCCCC3)s2)C1=O. The zero-order valence-corrected chi connectivity index (χ0v) is 17.5. The van der Waals surface area contributed by atoms with Gasteiger partial charge < -0.3 is 9.64 Å². The second kappa shape index (κ2) is 8.76. The standard InChI is InChI=1S/C20H30N4O3S/c1-23-13-12-16(27-18(25)15-10-6-3-7-11-15)24(20(23)26)19-22-21-17(28-19)14-8-4-2-5-9-14/h14-16H,2-13H2,1H3. The molecule has 1 aromatic heterocycles. The average molecular weight is 407 g/mol. The number of hydrogen-bond acceptors (Lipinski definition) is 6. The predicted molar refractivity (Wildman–Crippen MR) is 107 cm³/mol. The second-order valence-corrected chi connectivity index (χ2v) is 9.33. The molecule has 0 radical (unpaired) electrons. The van der Waals surface area contributed by atoms with Crippen LogP contribution in [0, 0.1) is 5.92 Å². The van der Waals surface area contributed by atoms with E-state index < -0.39 is 6.23 Å². The van der Waals surface area contributed by atoms with Crippen LogP contribution in [-0.4, -0.2) is 46.9 Å². The van der Waals surface area contributed by atoms with E-state index in [2.05, 4.69) is 10.2 Å². The minimum Gasteiger partial charge on any atom is -0.441 e. The molecule has 1 saturated heterocycles. The van der Waals surface area contributed by atoms with Gasteiger partial charge in [0.25, 0.3) is 0 Å². The molecule has 1 aliphatic heterocycles. The normalized spacial score (nSPS) is 25.2. The maximum atomic E-state index is 12.9. The molecule has 2 amide bonds. The number of hydrogen-bond donors (Lipinski definition) is 0. The third-order valence-corrected chi connectivity index (χ3v) is 7.40. The number of nitrogens with zero attached hydrogens (tertiary/aromatic N) is 4. The summed E-state index contributed by atoms with van der Waals surface area (Å²) in [5.41, 5.74) is 0. The molecule has 1 aromatic rings. The molecule has 2 heterocycles. The zero-order chi connectivity index (χ0) is 19.5. The first-order valence-corrected chi connectivity index (χ1v) is 11.5. The lowest BCUT2D eigenvalue weighted by molar-refractivity contribution is -0.155. The smallest absolute Gasteiger partial charge is 0.329 e. The van der Waals surface area contributed by atoms with Gasteiger partial charge in [-0.1, -0.05) is 49.9 Å². The summed E-state index contributed by atoms with van der Waals surface area (Å²) in [6, 6.07) is -0.168. The van der Waals surface area contributed by atoms with Gasteiger partial charge >= 0.3 is 12.0 Å². The maximum absolute atomic E-state index is 12.9. The number of carbonyl (C=O) groups excluding carboxylic acids is 2.